The molecule has 0 heterocycles. The Morgan fingerprint density at radius 3 is 0.780 bits per heavy atom. The molecular formula is C117H114O9S6. The lowest BCUT2D eigenvalue weighted by molar-refractivity contribution is -0.327. The summed E-state index contributed by atoms with van der Waals surface area (Å²) in [6, 6.07) is 143. The third-order valence-electron chi connectivity index (χ3n) is 23.0. The number of carboxylic acid groups (broad SMARTS) is 4. The molecule has 4 bridgehead atoms. The minimum absolute atomic E-state index is 0.000278. The van der Waals surface area contributed by atoms with Crippen LogP contribution in [0.4, 0.5) is 0 Å². The molecule has 0 amide bonds. The van der Waals surface area contributed by atoms with Gasteiger partial charge < -0.3 is 44.7 Å². The number of rotatable bonds is 20. The molecule has 672 valence electrons. The Morgan fingerprint density at radius 2 is 0.538 bits per heavy atom. The van der Waals surface area contributed by atoms with Crippen molar-refractivity contribution in [2.75, 3.05) is 0 Å². The highest BCUT2D eigenvalue weighted by atomic mass is 32.2. The fraction of sp³-hybridized carbons (Fsp3) is 0.197. The first-order valence-electron chi connectivity index (χ1n) is 44.9. The summed E-state index contributed by atoms with van der Waals surface area (Å²) in [6.07, 6.45) is 11.7. The first-order chi connectivity index (χ1) is 64.1. The monoisotopic (exact) mass is 1850 g/mol. The van der Waals surface area contributed by atoms with Crippen LogP contribution in [0.5, 0.6) is 5.75 Å². The fourth-order valence-corrected chi connectivity index (χ4v) is 27.2. The number of aromatic hydroxyl groups is 1. The van der Waals surface area contributed by atoms with Gasteiger partial charge in [0.15, 0.2) is 58.7 Å². The molecule has 15 aromatic carbocycles. The van der Waals surface area contributed by atoms with Gasteiger partial charge in [-0.1, -0.05) is 272 Å². The van der Waals surface area contributed by atoms with Crippen LogP contribution in [0.3, 0.4) is 0 Å². The second kappa shape index (κ2) is 51.2. The van der Waals surface area contributed by atoms with Gasteiger partial charge in [0.1, 0.15) is 5.75 Å². The van der Waals surface area contributed by atoms with Crippen molar-refractivity contribution in [1.82, 2.24) is 0 Å². The summed E-state index contributed by atoms with van der Waals surface area (Å²) >= 11 is 3.61. The minimum atomic E-state index is -1.08. The Hall–Kier alpha value is -11.9. The normalized spacial score (nSPS) is 15.4. The van der Waals surface area contributed by atoms with Crippen LogP contribution < -0.4 is 20.4 Å². The van der Waals surface area contributed by atoms with E-state index in [-0.39, 0.29) is 55.9 Å². The lowest BCUT2D eigenvalue weighted by Crippen LogP contribution is -2.54. The van der Waals surface area contributed by atoms with Gasteiger partial charge in [0.05, 0.1) is 43.6 Å². The Morgan fingerprint density at radius 1 is 0.311 bits per heavy atom. The first kappa shape index (κ1) is 99.1. The second-order valence-electron chi connectivity index (χ2n) is 33.4. The lowest BCUT2D eigenvalue weighted by Gasteiger charge is -2.57. The topological polar surface area (TPSA) is 181 Å². The standard InChI is InChI=1S/2C24H19S2.C20H18OS.C20H19S.C11H16O2.C9H10O2.C7H12O2.C2H4O2/c2*1-4-10-20(11-5-1)25-21-16-18-24(19-17-21)26(22-12-6-2-7-13-22)23-14-8-3-9-15-23;1-15-13-19(14-16(2)20(15)21)22(17-9-5-3-6-10-17)18-11-7-4-8-12-18;1-16-8-12-19(13-9-16)21(18-6-4-3-5-7-18)20-14-10-17(2)11-15-20;12-10(13)11-4-7-1-8(5-11)3-9(2-7)6-11;1-7-2-4-8(5-3-7)6-9(10)11;8-7(9)6-4-2-1-3-5-6;1-2(3)4/h2*1-19H;3-14H,1-2H3;3-15H,1-2H3;7-9H,1-6H2,(H,12,13);2-5H,6H2,1H3,(H,10,11);6H,1-5H2,(H,8,9);1H3,(H,3,4)/q2*+1;;+1;;;;/p-3. The van der Waals surface area contributed by atoms with Crippen molar-refractivity contribution >= 4 is 91.0 Å². The van der Waals surface area contributed by atoms with Crippen molar-refractivity contribution in [2.45, 2.75) is 197 Å². The molecule has 5 aliphatic rings. The number of carbonyl (C=O) groups excluding carboxylic acids is 4. The summed E-state index contributed by atoms with van der Waals surface area (Å²) in [5.41, 5.74) is 5.99. The van der Waals surface area contributed by atoms with E-state index in [1.54, 1.807) is 35.7 Å². The molecule has 0 atom stereocenters. The molecule has 0 aliphatic heterocycles. The van der Waals surface area contributed by atoms with Gasteiger partial charge in [-0.2, -0.15) is 0 Å². The predicted octanol–water partition coefficient (Wildman–Crippen LogP) is 24.7. The van der Waals surface area contributed by atoms with E-state index in [0.29, 0.717) is 23.5 Å². The number of aliphatic carboxylic acids is 4. The Bertz CT molecular complexity index is 5600. The first-order valence-corrected chi connectivity index (χ1v) is 51.4. The van der Waals surface area contributed by atoms with E-state index < -0.39 is 29.3 Å². The maximum absolute atomic E-state index is 11.1. The van der Waals surface area contributed by atoms with Crippen LogP contribution in [0.25, 0.3) is 0 Å². The Balaban J connectivity index is 0.000000141. The molecule has 5 aliphatic carbocycles. The van der Waals surface area contributed by atoms with Crippen molar-refractivity contribution in [3.05, 3.63) is 440 Å². The SMILES string of the molecule is CC(=O)[O-].Cc1cc([S+](c2ccccc2)c2ccccc2)cc(C)c1O.Cc1ccc(CC(=O)[O-])cc1.Cc1ccc([S+](c2ccccc2)c2ccc(C)cc2)cc1.O=C([O-])C12CC3CC(CC(C3)C1)C2.O=C([O-])C1CCCCC1.c1ccc(Sc2ccc([S+](c3ccccc3)c3ccccc3)cc2)cc1.c1ccc(Sc2ccc([S+](c3ccccc3)c3ccccc3)cc2)cc1. The molecule has 132 heavy (non-hydrogen) atoms. The van der Waals surface area contributed by atoms with E-state index in [2.05, 4.69) is 384 Å². The molecule has 0 unspecified atom stereocenters. The maximum atomic E-state index is 11.1. The smallest absolute Gasteiger partial charge is 0.167 e. The quantitative estimate of drug-likeness (QED) is 0.0717. The average molecular weight is 1860 g/mol. The molecular weight excluding hydrogens is 1740 g/mol. The van der Waals surface area contributed by atoms with E-state index in [1.165, 1.54) is 115 Å². The molecule has 9 nitrogen and oxygen atoms in total. The van der Waals surface area contributed by atoms with Crippen molar-refractivity contribution in [3.8, 4) is 5.75 Å². The molecule has 5 fully saturated rings. The van der Waals surface area contributed by atoms with Crippen LogP contribution in [-0.2, 0) is 69.2 Å². The zero-order valence-corrected chi connectivity index (χ0v) is 80.5. The molecule has 0 saturated heterocycles. The van der Waals surface area contributed by atoms with Gasteiger partial charge >= 0.3 is 0 Å². The molecule has 15 aromatic rings. The molecule has 5 saturated carbocycles. The summed E-state index contributed by atoms with van der Waals surface area (Å²) in [6.45, 7) is 11.1. The van der Waals surface area contributed by atoms with Crippen LogP contribution in [0.15, 0.2) is 485 Å². The van der Waals surface area contributed by atoms with Gasteiger partial charge in [-0.25, -0.2) is 0 Å². The summed E-state index contributed by atoms with van der Waals surface area (Å²) in [7, 11) is -0.343. The molecule has 20 rings (SSSR count). The zero-order valence-electron chi connectivity index (χ0n) is 75.6. The zero-order chi connectivity index (χ0) is 93.0. The number of hydrogen-bond acceptors (Lipinski definition) is 11. The number of phenolic OH excluding ortho intramolecular Hbond substituents is 1. The van der Waals surface area contributed by atoms with Crippen LogP contribution >= 0.6 is 23.5 Å². The predicted molar refractivity (Wildman–Crippen MR) is 535 cm³/mol. The van der Waals surface area contributed by atoms with Crippen molar-refractivity contribution < 1.29 is 44.7 Å². The number of benzene rings is 15. The van der Waals surface area contributed by atoms with E-state index in [0.717, 1.165) is 74.1 Å². The Kier molecular flexibility index (Phi) is 38.4. The van der Waals surface area contributed by atoms with E-state index in [9.17, 15) is 34.8 Å². The molecule has 0 radical (unpaired) electrons. The highest BCUT2D eigenvalue weighted by Gasteiger charge is 2.51. The van der Waals surface area contributed by atoms with Crippen molar-refractivity contribution in [1.29, 1.82) is 0 Å². The average Bonchev–Trinajstić information content (AvgIpc) is 0.742. The van der Waals surface area contributed by atoms with E-state index in [1.807, 2.05) is 45.0 Å². The van der Waals surface area contributed by atoms with Gasteiger partial charge in [0.25, 0.3) is 0 Å². The highest BCUT2D eigenvalue weighted by Crippen LogP contribution is 2.60. The number of aryl methyl sites for hydroxylation is 5. The minimum Gasteiger partial charge on any atom is -0.550 e. The van der Waals surface area contributed by atoms with Gasteiger partial charge in [0, 0.05) is 67.4 Å². The van der Waals surface area contributed by atoms with Gasteiger partial charge in [-0.3, -0.25) is 0 Å². The Labute approximate surface area is 800 Å². The van der Waals surface area contributed by atoms with Crippen LogP contribution in [-0.4, -0.2) is 29.0 Å². The van der Waals surface area contributed by atoms with Crippen LogP contribution in [0.2, 0.25) is 0 Å². The summed E-state index contributed by atoms with van der Waals surface area (Å²) in [4.78, 5) is 61.5. The van der Waals surface area contributed by atoms with Gasteiger partial charge in [-0.15, -0.1) is 0 Å². The highest BCUT2D eigenvalue weighted by molar-refractivity contribution is 8.00. The van der Waals surface area contributed by atoms with Crippen molar-refractivity contribution in [2.24, 2.45) is 29.1 Å². The molecule has 15 heteroatoms. The van der Waals surface area contributed by atoms with E-state index >= 15 is 0 Å². The molecule has 0 spiro atoms. The third-order valence-corrected chi connectivity index (χ3v) is 33.9. The number of hydrogen-bond donors (Lipinski definition) is 1. The van der Waals surface area contributed by atoms with Gasteiger partial charge in [-0.05, 0) is 315 Å². The fourth-order valence-electron chi connectivity index (χ4n) is 17.0. The second-order valence-corrected chi connectivity index (χ2v) is 43.8. The van der Waals surface area contributed by atoms with Crippen molar-refractivity contribution in [3.63, 3.8) is 0 Å². The number of carboxylic acids is 4. The largest absolute Gasteiger partial charge is 0.550 e. The summed E-state index contributed by atoms with van der Waals surface area (Å²) < 4.78 is 0. The molecule has 0 aromatic heterocycles. The van der Waals surface area contributed by atoms with E-state index in [4.69, 9.17) is 9.90 Å². The molecule has 1 N–H and O–H groups in total. The summed E-state index contributed by atoms with van der Waals surface area (Å²) in [5, 5.41) is 50.5. The lowest BCUT2D eigenvalue weighted by atomic mass is 9.49. The number of phenols is 1. The van der Waals surface area contributed by atoms with Crippen LogP contribution in [0.1, 0.15) is 111 Å². The van der Waals surface area contributed by atoms with Gasteiger partial charge in [0.2, 0.25) is 0 Å². The number of carbonyl (C=O) groups is 4. The summed E-state index contributed by atoms with van der Waals surface area (Å²) in [5.74, 6) is -1.33. The maximum Gasteiger partial charge on any atom is 0.167 e. The van der Waals surface area contributed by atoms with Crippen LogP contribution in [0, 0.1) is 63.7 Å². The third kappa shape index (κ3) is 30.3.